The predicted octanol–water partition coefficient (Wildman–Crippen LogP) is 0.939. The van der Waals surface area contributed by atoms with Gasteiger partial charge in [0.15, 0.2) is 5.82 Å². The lowest BCUT2D eigenvalue weighted by atomic mass is 10.3. The quantitative estimate of drug-likeness (QED) is 0.697. The van der Waals surface area contributed by atoms with Crippen LogP contribution < -0.4 is 9.80 Å². The number of hydrogen-bond acceptors (Lipinski definition) is 7. The van der Waals surface area contributed by atoms with Crippen molar-refractivity contribution in [3.8, 4) is 0 Å². The first-order valence-electron chi connectivity index (χ1n) is 7.75. The fraction of sp³-hybridized carbons (Fsp3) is 0.400. The summed E-state index contributed by atoms with van der Waals surface area (Å²) in [6.45, 7) is 5.61. The topological polar surface area (TPSA) is 75.3 Å². The third kappa shape index (κ3) is 2.67. The molecule has 0 unspecified atom stereocenters. The maximum absolute atomic E-state index is 4.53. The summed E-state index contributed by atoms with van der Waals surface area (Å²) < 4.78 is 1.90. The molecule has 0 bridgehead atoms. The van der Waals surface area contributed by atoms with Crippen molar-refractivity contribution in [3.63, 3.8) is 0 Å². The molecule has 1 aliphatic heterocycles. The van der Waals surface area contributed by atoms with E-state index in [2.05, 4.69) is 34.9 Å². The summed E-state index contributed by atoms with van der Waals surface area (Å²) in [4.78, 5) is 17.8. The third-order valence-electron chi connectivity index (χ3n) is 4.08. The molecule has 0 radical (unpaired) electrons. The molecule has 0 spiro atoms. The molecule has 1 fully saturated rings. The van der Waals surface area contributed by atoms with Crippen molar-refractivity contribution in [2.75, 3.05) is 36.0 Å². The molecule has 4 heterocycles. The molecular weight excluding hydrogens is 292 g/mol. The Morgan fingerprint density at radius 2 is 1.87 bits per heavy atom. The molecule has 0 aromatic carbocycles. The summed E-state index contributed by atoms with van der Waals surface area (Å²) in [6.07, 6.45) is 8.22. The third-order valence-corrected chi connectivity index (χ3v) is 4.08. The van der Waals surface area contributed by atoms with E-state index in [1.165, 1.54) is 0 Å². The second kappa shape index (κ2) is 5.79. The van der Waals surface area contributed by atoms with Crippen molar-refractivity contribution >= 4 is 17.3 Å². The van der Waals surface area contributed by atoms with Gasteiger partial charge in [0.05, 0.1) is 0 Å². The van der Waals surface area contributed by atoms with Crippen molar-refractivity contribution in [1.82, 2.24) is 29.5 Å². The van der Waals surface area contributed by atoms with E-state index in [-0.39, 0.29) is 0 Å². The van der Waals surface area contributed by atoms with Crippen LogP contribution in [0.2, 0.25) is 0 Å². The largest absolute Gasteiger partial charge is 0.355 e. The van der Waals surface area contributed by atoms with Crippen molar-refractivity contribution in [2.24, 2.45) is 0 Å². The molecule has 0 amide bonds. The lowest BCUT2D eigenvalue weighted by Crippen LogP contribution is -2.32. The molecule has 0 atom stereocenters. The van der Waals surface area contributed by atoms with Crippen molar-refractivity contribution < 1.29 is 0 Å². The molecular formula is C15H18N8. The Balaban J connectivity index is 1.56. The fourth-order valence-corrected chi connectivity index (χ4v) is 2.95. The van der Waals surface area contributed by atoms with E-state index in [1.807, 2.05) is 29.8 Å². The number of hydrogen-bond donors (Lipinski definition) is 0. The summed E-state index contributed by atoms with van der Waals surface area (Å²) in [5.41, 5.74) is 0.804. The molecule has 0 aliphatic carbocycles. The van der Waals surface area contributed by atoms with E-state index in [0.29, 0.717) is 0 Å². The maximum Gasteiger partial charge on any atom is 0.203 e. The lowest BCUT2D eigenvalue weighted by molar-refractivity contribution is 0.790. The molecule has 3 aromatic rings. The van der Waals surface area contributed by atoms with Crippen LogP contribution in [-0.4, -0.2) is 55.7 Å². The van der Waals surface area contributed by atoms with Crippen LogP contribution in [0.1, 0.15) is 12.2 Å². The lowest BCUT2D eigenvalue weighted by Gasteiger charge is -2.23. The van der Waals surface area contributed by atoms with Gasteiger partial charge in [0.25, 0.3) is 0 Å². The molecule has 3 aromatic heterocycles. The first-order valence-corrected chi connectivity index (χ1v) is 7.75. The van der Waals surface area contributed by atoms with Crippen LogP contribution in [0.5, 0.6) is 0 Å². The molecule has 0 saturated carbocycles. The second-order valence-electron chi connectivity index (χ2n) is 5.60. The number of anilines is 2. The molecule has 8 heteroatoms. The van der Waals surface area contributed by atoms with E-state index in [1.54, 1.807) is 12.5 Å². The Kier molecular flexibility index (Phi) is 3.49. The van der Waals surface area contributed by atoms with Gasteiger partial charge in [0.1, 0.15) is 18.0 Å². The van der Waals surface area contributed by atoms with Gasteiger partial charge in [0.2, 0.25) is 5.65 Å². The van der Waals surface area contributed by atoms with E-state index in [9.17, 15) is 0 Å². The molecule has 0 N–H and O–H groups in total. The molecule has 1 aliphatic rings. The summed E-state index contributed by atoms with van der Waals surface area (Å²) in [6, 6.07) is 1.97. The van der Waals surface area contributed by atoms with Gasteiger partial charge in [-0.25, -0.2) is 15.0 Å². The standard InChI is InChI=1S/C15H18N8/c1-12-16-4-3-13(19-12)21-6-2-7-22(10-9-21)14-15-20-18-11-23(15)8-5-17-14/h3-5,8,11H,2,6-7,9-10H2,1H3. The van der Waals surface area contributed by atoms with Gasteiger partial charge in [-0.05, 0) is 19.4 Å². The van der Waals surface area contributed by atoms with Crippen molar-refractivity contribution in [2.45, 2.75) is 13.3 Å². The number of nitrogens with zero attached hydrogens (tertiary/aromatic N) is 8. The average molecular weight is 310 g/mol. The van der Waals surface area contributed by atoms with Crippen molar-refractivity contribution in [3.05, 3.63) is 36.8 Å². The Bertz CT molecular complexity index is 814. The molecule has 118 valence electrons. The van der Waals surface area contributed by atoms with Gasteiger partial charge in [-0.3, -0.25) is 4.40 Å². The van der Waals surface area contributed by atoms with Gasteiger partial charge in [-0.2, -0.15) is 0 Å². The number of aromatic nitrogens is 6. The first-order chi connectivity index (χ1) is 11.3. The highest BCUT2D eigenvalue weighted by atomic mass is 15.3. The summed E-state index contributed by atoms with van der Waals surface area (Å²) in [5, 5.41) is 8.16. The highest BCUT2D eigenvalue weighted by molar-refractivity contribution is 5.63. The molecule has 4 rings (SSSR count). The molecule has 23 heavy (non-hydrogen) atoms. The molecule has 8 nitrogen and oxygen atoms in total. The van der Waals surface area contributed by atoms with E-state index >= 15 is 0 Å². The Labute approximate surface area is 133 Å². The first kappa shape index (κ1) is 13.9. The van der Waals surface area contributed by atoms with Crippen LogP contribution in [0.15, 0.2) is 31.0 Å². The van der Waals surface area contributed by atoms with E-state index in [4.69, 9.17) is 0 Å². The minimum atomic E-state index is 0.804. The van der Waals surface area contributed by atoms with Crippen LogP contribution in [0.3, 0.4) is 0 Å². The van der Waals surface area contributed by atoms with Crippen LogP contribution >= 0.6 is 0 Å². The SMILES string of the molecule is Cc1nccc(N2CCCN(c3nccn4cnnc34)CC2)n1. The molecule has 1 saturated heterocycles. The Hall–Kier alpha value is -2.77. The van der Waals surface area contributed by atoms with E-state index in [0.717, 1.165) is 55.7 Å². The smallest absolute Gasteiger partial charge is 0.203 e. The number of aryl methyl sites for hydroxylation is 1. The zero-order valence-corrected chi connectivity index (χ0v) is 13.0. The minimum Gasteiger partial charge on any atom is -0.355 e. The second-order valence-corrected chi connectivity index (χ2v) is 5.60. The monoisotopic (exact) mass is 310 g/mol. The van der Waals surface area contributed by atoms with Crippen molar-refractivity contribution in [1.29, 1.82) is 0 Å². The summed E-state index contributed by atoms with van der Waals surface area (Å²) >= 11 is 0. The zero-order chi connectivity index (χ0) is 15.6. The number of rotatable bonds is 2. The Morgan fingerprint density at radius 3 is 2.78 bits per heavy atom. The van der Waals surface area contributed by atoms with Gasteiger partial charge < -0.3 is 9.80 Å². The summed E-state index contributed by atoms with van der Waals surface area (Å²) in [5.74, 6) is 2.69. The summed E-state index contributed by atoms with van der Waals surface area (Å²) in [7, 11) is 0. The van der Waals surface area contributed by atoms with Gasteiger partial charge in [0, 0.05) is 44.8 Å². The predicted molar refractivity (Wildman–Crippen MR) is 86.6 cm³/mol. The average Bonchev–Trinajstić information content (AvgIpc) is 2.91. The van der Waals surface area contributed by atoms with Gasteiger partial charge in [-0.1, -0.05) is 0 Å². The maximum atomic E-state index is 4.53. The van der Waals surface area contributed by atoms with Crippen LogP contribution in [-0.2, 0) is 0 Å². The van der Waals surface area contributed by atoms with Crippen LogP contribution in [0.4, 0.5) is 11.6 Å². The van der Waals surface area contributed by atoms with Crippen LogP contribution in [0, 0.1) is 6.92 Å². The zero-order valence-electron chi connectivity index (χ0n) is 13.0. The number of fused-ring (bicyclic) bond motifs is 1. The van der Waals surface area contributed by atoms with Gasteiger partial charge in [-0.15, -0.1) is 10.2 Å². The fourth-order valence-electron chi connectivity index (χ4n) is 2.95. The van der Waals surface area contributed by atoms with Crippen LogP contribution in [0.25, 0.3) is 5.65 Å². The Morgan fingerprint density at radius 1 is 1.00 bits per heavy atom. The minimum absolute atomic E-state index is 0.804. The highest BCUT2D eigenvalue weighted by Gasteiger charge is 2.19. The normalized spacial score (nSPS) is 15.9. The highest BCUT2D eigenvalue weighted by Crippen LogP contribution is 2.20. The van der Waals surface area contributed by atoms with E-state index < -0.39 is 0 Å². The van der Waals surface area contributed by atoms with Gasteiger partial charge >= 0.3 is 0 Å².